The van der Waals surface area contributed by atoms with E-state index in [2.05, 4.69) is 0 Å². The zero-order chi connectivity index (χ0) is 46.5. The maximum atomic E-state index is 9.65. The number of furan rings is 1. The highest BCUT2D eigenvalue weighted by atomic mass is 16.3. The number of hydrogen-bond donors (Lipinski definition) is 0. The van der Waals surface area contributed by atoms with Gasteiger partial charge in [-0.1, -0.05) is 157 Å². The van der Waals surface area contributed by atoms with E-state index in [0.29, 0.717) is 33.1 Å². The number of fused-ring (bicyclic) bond motifs is 9. The van der Waals surface area contributed by atoms with Crippen molar-refractivity contribution in [3.63, 3.8) is 0 Å². The number of benzene rings is 10. The lowest BCUT2D eigenvalue weighted by atomic mass is 9.83. The van der Waals surface area contributed by atoms with Crippen molar-refractivity contribution in [2.75, 3.05) is 0 Å². The third-order valence-corrected chi connectivity index (χ3v) is 9.77. The minimum absolute atomic E-state index is 0.0245. The summed E-state index contributed by atoms with van der Waals surface area (Å²) in [6.45, 7) is 0. The third-order valence-electron chi connectivity index (χ3n) is 9.77. The molecule has 0 spiro atoms. The maximum absolute atomic E-state index is 9.65. The normalized spacial score (nSPS) is 16.0. The highest BCUT2D eigenvalue weighted by Crippen LogP contribution is 2.48. The van der Waals surface area contributed by atoms with Gasteiger partial charge in [0, 0.05) is 10.8 Å². The van der Waals surface area contributed by atoms with Crippen LogP contribution >= 0.6 is 0 Å². The highest BCUT2D eigenvalue weighted by molar-refractivity contribution is 6.27. The Balaban J connectivity index is 1.41. The molecule has 0 bridgehead atoms. The van der Waals surface area contributed by atoms with Gasteiger partial charge in [-0.25, -0.2) is 0 Å². The zero-order valence-electron chi connectivity index (χ0n) is 41.6. The fraction of sp³-hybridized carbons (Fsp3) is 0. The minimum Gasteiger partial charge on any atom is -0.456 e. The first-order chi connectivity index (χ1) is 31.5. The van der Waals surface area contributed by atoms with E-state index in [1.54, 1.807) is 6.07 Å². The van der Waals surface area contributed by atoms with Gasteiger partial charge in [0.15, 0.2) is 0 Å². The molecule has 0 amide bonds. The van der Waals surface area contributed by atoms with E-state index in [1.807, 2.05) is 84.9 Å². The highest BCUT2D eigenvalue weighted by Gasteiger charge is 2.21. The molecule has 51 heavy (non-hydrogen) atoms. The summed E-state index contributed by atoms with van der Waals surface area (Å²) in [6.07, 6.45) is 0. The smallest absolute Gasteiger partial charge is 0.136 e. The summed E-state index contributed by atoms with van der Waals surface area (Å²) in [5.74, 6) is 0. The standard InChI is InChI=1S/C50H30O/c1-4-17-35-31(13-1)16-11-25-39(35)47-40-20-7-9-22-42(40)48(43-23-10-8-21-41(43)47)44-30-34(29-33-15-3-5-18-36(33)44)38-24-12-26-45-50(38)49-37-19-6-2-14-32(37)27-28-46(49)51-45/h1-30H/i1D,4D,7D,8D,9D,10D,11D,13D,16D,17D,20D,21D,22D,23D,25D. The summed E-state index contributed by atoms with van der Waals surface area (Å²) in [5.41, 5.74) is 2.24. The second-order valence-electron chi connectivity index (χ2n) is 12.4. The maximum Gasteiger partial charge on any atom is 0.136 e. The van der Waals surface area contributed by atoms with Gasteiger partial charge in [-0.05, 0) is 112 Å². The molecule has 0 radical (unpaired) electrons. The Kier molecular flexibility index (Phi) is 3.70. The van der Waals surface area contributed by atoms with Crippen molar-refractivity contribution in [3.8, 4) is 33.4 Å². The van der Waals surface area contributed by atoms with Gasteiger partial charge in [-0.3, -0.25) is 0 Å². The predicted octanol–water partition coefficient (Wildman–Crippen LogP) is 14.4. The molecule has 0 fully saturated rings. The number of rotatable bonds is 3. The first-order valence-electron chi connectivity index (χ1n) is 23.9. The molecular weight excluding hydrogens is 617 g/mol. The van der Waals surface area contributed by atoms with Crippen molar-refractivity contribution in [1.82, 2.24) is 0 Å². The lowest BCUT2D eigenvalue weighted by molar-refractivity contribution is 0.669. The van der Waals surface area contributed by atoms with Crippen LogP contribution in [0.5, 0.6) is 0 Å². The van der Waals surface area contributed by atoms with Crippen LogP contribution in [0.3, 0.4) is 0 Å². The summed E-state index contributed by atoms with van der Waals surface area (Å²) < 4.78 is 143. The Labute approximate surface area is 315 Å². The fourth-order valence-corrected chi connectivity index (χ4v) is 7.64. The SMILES string of the molecule is [2H]c1c([2H])c([2H])c2c(-c3c4c([2H])c([2H])c([2H])c([2H])c4c(-c4cc(-c5cccc6oc7ccc8ccccc8c7c56)cc5ccccc45)c4c([2H])c([2H])c([2H])c([2H])c34)c([2H])c([2H])c([2H])c2c1[2H]. The summed E-state index contributed by atoms with van der Waals surface area (Å²) >= 11 is 0. The Morgan fingerprint density at radius 2 is 0.961 bits per heavy atom. The van der Waals surface area contributed by atoms with Gasteiger partial charge in [0.2, 0.25) is 0 Å². The Hall–Kier alpha value is -6.70. The molecule has 10 aromatic carbocycles. The molecule has 1 aromatic heterocycles. The molecule has 1 heterocycles. The topological polar surface area (TPSA) is 13.1 Å². The van der Waals surface area contributed by atoms with Crippen LogP contribution < -0.4 is 0 Å². The van der Waals surface area contributed by atoms with Crippen LogP contribution in [0.2, 0.25) is 0 Å². The molecule has 0 saturated carbocycles. The van der Waals surface area contributed by atoms with Crippen molar-refractivity contribution in [3.05, 3.63) is 182 Å². The average Bonchev–Trinajstić information content (AvgIpc) is 3.72. The van der Waals surface area contributed by atoms with E-state index in [1.165, 1.54) is 0 Å². The molecule has 0 atom stereocenters. The molecule has 0 aliphatic heterocycles. The van der Waals surface area contributed by atoms with Gasteiger partial charge in [0.1, 0.15) is 11.2 Å². The van der Waals surface area contributed by atoms with E-state index in [9.17, 15) is 6.85 Å². The van der Waals surface area contributed by atoms with Gasteiger partial charge < -0.3 is 4.42 Å². The Bertz CT molecular complexity index is 3970. The summed E-state index contributed by atoms with van der Waals surface area (Å²) in [7, 11) is 0. The molecule has 0 N–H and O–H groups in total. The monoisotopic (exact) mass is 661 g/mol. The second kappa shape index (κ2) is 10.9. The predicted molar refractivity (Wildman–Crippen MR) is 218 cm³/mol. The van der Waals surface area contributed by atoms with Crippen LogP contribution in [0.15, 0.2) is 186 Å². The molecule has 0 aliphatic carbocycles. The van der Waals surface area contributed by atoms with E-state index < -0.39 is 107 Å². The van der Waals surface area contributed by atoms with Crippen molar-refractivity contribution >= 4 is 75.8 Å². The third kappa shape index (κ3) is 4.16. The van der Waals surface area contributed by atoms with Crippen LogP contribution in [-0.2, 0) is 0 Å². The quantitative estimate of drug-likeness (QED) is 0.172. The summed E-state index contributed by atoms with van der Waals surface area (Å²) in [6, 6.07) is 18.4. The first kappa shape index (κ1) is 17.3. The van der Waals surface area contributed by atoms with E-state index >= 15 is 0 Å². The van der Waals surface area contributed by atoms with Crippen LogP contribution in [0.4, 0.5) is 0 Å². The first-order valence-corrected chi connectivity index (χ1v) is 16.4. The van der Waals surface area contributed by atoms with Gasteiger partial charge in [-0.2, -0.15) is 0 Å². The van der Waals surface area contributed by atoms with Gasteiger partial charge in [0.05, 0.1) is 20.6 Å². The second-order valence-corrected chi connectivity index (χ2v) is 12.4. The molecule has 1 nitrogen and oxygen atoms in total. The van der Waals surface area contributed by atoms with Crippen molar-refractivity contribution in [2.45, 2.75) is 0 Å². The molecule has 11 rings (SSSR count). The van der Waals surface area contributed by atoms with Gasteiger partial charge in [0.25, 0.3) is 0 Å². The average molecular weight is 662 g/mol. The lowest BCUT2D eigenvalue weighted by Crippen LogP contribution is -1.93. The van der Waals surface area contributed by atoms with Crippen molar-refractivity contribution < 1.29 is 25.0 Å². The summed E-state index contributed by atoms with van der Waals surface area (Å²) in [4.78, 5) is 0. The zero-order valence-corrected chi connectivity index (χ0v) is 26.6. The molecule has 11 aromatic rings. The largest absolute Gasteiger partial charge is 0.456 e. The van der Waals surface area contributed by atoms with E-state index in [0.717, 1.165) is 27.1 Å². The molecule has 0 aliphatic rings. The molecule has 0 saturated heterocycles. The van der Waals surface area contributed by atoms with Crippen LogP contribution in [0, 0.1) is 0 Å². The number of hydrogen-bond acceptors (Lipinski definition) is 1. The molecule has 0 unspecified atom stereocenters. The van der Waals surface area contributed by atoms with Crippen molar-refractivity contribution in [2.24, 2.45) is 0 Å². The van der Waals surface area contributed by atoms with Gasteiger partial charge in [-0.15, -0.1) is 0 Å². The molecule has 236 valence electrons. The van der Waals surface area contributed by atoms with E-state index in [4.69, 9.17) is 18.1 Å². The van der Waals surface area contributed by atoms with Crippen LogP contribution in [0.25, 0.3) is 109 Å². The summed E-state index contributed by atoms with van der Waals surface area (Å²) in [5, 5.41) is 3.05. The van der Waals surface area contributed by atoms with Gasteiger partial charge >= 0.3 is 0 Å². The van der Waals surface area contributed by atoms with Crippen molar-refractivity contribution in [1.29, 1.82) is 0 Å². The Morgan fingerprint density at radius 3 is 1.73 bits per heavy atom. The fourth-order valence-electron chi connectivity index (χ4n) is 7.64. The van der Waals surface area contributed by atoms with Crippen LogP contribution in [0.1, 0.15) is 20.6 Å². The molecular formula is C50H30O. The van der Waals surface area contributed by atoms with E-state index in [-0.39, 0.29) is 32.7 Å². The lowest BCUT2D eigenvalue weighted by Gasteiger charge is -2.20. The molecule has 1 heteroatoms. The van der Waals surface area contributed by atoms with Crippen LogP contribution in [-0.4, -0.2) is 0 Å². The Morgan fingerprint density at radius 1 is 0.353 bits per heavy atom. The minimum atomic E-state index is -0.762.